The maximum atomic E-state index is 14.7. The highest BCUT2D eigenvalue weighted by Crippen LogP contribution is 2.44. The number of hydrogen-bond donors (Lipinski definition) is 0. The van der Waals surface area contributed by atoms with Crippen LogP contribution in [0.3, 0.4) is 0 Å². The minimum Gasteiger partial charge on any atom is -0.453 e. The first kappa shape index (κ1) is 17.0. The molecule has 1 heterocycles. The molecule has 3 rings (SSSR count). The topological polar surface area (TPSA) is 63.7 Å². The summed E-state index contributed by atoms with van der Waals surface area (Å²) < 4.78 is 34.6. The summed E-state index contributed by atoms with van der Waals surface area (Å²) in [5.41, 5.74) is -2.19. The predicted molar refractivity (Wildman–Crippen MR) is 85.8 cm³/mol. The molecule has 0 saturated heterocycles. The van der Waals surface area contributed by atoms with Gasteiger partial charge in [0.2, 0.25) is 11.6 Å². The van der Waals surface area contributed by atoms with E-state index in [0.717, 1.165) is 19.1 Å². The average molecular weight is 347 g/mol. The molecule has 2 atom stereocenters. The Morgan fingerprint density at radius 1 is 1.20 bits per heavy atom. The van der Waals surface area contributed by atoms with Crippen LogP contribution < -0.4 is 9.64 Å². The van der Waals surface area contributed by atoms with Crippen molar-refractivity contribution in [1.29, 1.82) is 0 Å². The highest BCUT2D eigenvalue weighted by Gasteiger charge is 2.48. The number of nitrogens with zero attached hydrogens (tertiary/aromatic N) is 1. The number of allylic oxidation sites excluding steroid dienone is 2. The van der Waals surface area contributed by atoms with E-state index >= 15 is 0 Å². The standard InChI is InChI=1S/C18H15F2NO4/c1-9(22)12-4-5-13-15(6-12)25-16-8-18(20,10(2)23)17(19)7-14(16)21(13)11(3)24/h4-8,17H,1-3H3. The Bertz CT molecular complexity index is 874. The molecule has 1 aromatic carbocycles. The molecule has 0 radical (unpaired) electrons. The molecule has 1 aliphatic carbocycles. The molecule has 0 fully saturated rings. The van der Waals surface area contributed by atoms with Crippen molar-refractivity contribution in [3.05, 3.63) is 47.4 Å². The van der Waals surface area contributed by atoms with Gasteiger partial charge in [0.15, 0.2) is 29.2 Å². The van der Waals surface area contributed by atoms with Gasteiger partial charge in [-0.15, -0.1) is 0 Å². The number of hydrogen-bond acceptors (Lipinski definition) is 4. The van der Waals surface area contributed by atoms with Crippen LogP contribution in [-0.4, -0.2) is 29.3 Å². The van der Waals surface area contributed by atoms with Gasteiger partial charge in [-0.25, -0.2) is 8.78 Å². The van der Waals surface area contributed by atoms with Crippen molar-refractivity contribution in [2.75, 3.05) is 4.90 Å². The lowest BCUT2D eigenvalue weighted by Gasteiger charge is -2.37. The number of Topliss-reactive ketones (excluding diaryl/α,β-unsaturated/α-hetero) is 2. The van der Waals surface area contributed by atoms with Crippen molar-refractivity contribution in [2.45, 2.75) is 32.6 Å². The molecule has 130 valence electrons. The fourth-order valence-electron chi connectivity index (χ4n) is 2.84. The number of carbonyl (C=O) groups excluding carboxylic acids is 3. The number of anilines is 1. The third-order valence-electron chi connectivity index (χ3n) is 4.22. The number of benzene rings is 1. The molecule has 5 nitrogen and oxygen atoms in total. The van der Waals surface area contributed by atoms with Gasteiger partial charge in [0.25, 0.3) is 0 Å². The summed E-state index contributed by atoms with van der Waals surface area (Å²) in [5, 5.41) is 0. The lowest BCUT2D eigenvalue weighted by Crippen LogP contribution is -2.45. The van der Waals surface area contributed by atoms with Crippen LogP contribution in [-0.2, 0) is 9.59 Å². The number of amides is 1. The molecule has 1 amide bonds. The Morgan fingerprint density at radius 3 is 2.44 bits per heavy atom. The van der Waals surface area contributed by atoms with E-state index < -0.39 is 23.5 Å². The average Bonchev–Trinajstić information content (AvgIpc) is 2.52. The lowest BCUT2D eigenvalue weighted by atomic mass is 9.88. The van der Waals surface area contributed by atoms with Crippen LogP contribution in [0.15, 0.2) is 41.8 Å². The molecular weight excluding hydrogens is 332 g/mol. The van der Waals surface area contributed by atoms with E-state index in [9.17, 15) is 23.2 Å². The summed E-state index contributed by atoms with van der Waals surface area (Å²) >= 11 is 0. The molecule has 1 aromatic rings. The molecule has 0 spiro atoms. The van der Waals surface area contributed by atoms with Gasteiger partial charge in [-0.05, 0) is 38.1 Å². The number of ketones is 2. The summed E-state index contributed by atoms with van der Waals surface area (Å²) in [6, 6.07) is 4.43. The summed E-state index contributed by atoms with van der Waals surface area (Å²) in [7, 11) is 0. The first-order chi connectivity index (χ1) is 11.6. The fourth-order valence-corrected chi connectivity index (χ4v) is 2.84. The quantitative estimate of drug-likeness (QED) is 0.772. The second-order valence-corrected chi connectivity index (χ2v) is 5.98. The number of fused-ring (bicyclic) bond motifs is 2. The van der Waals surface area contributed by atoms with Gasteiger partial charge < -0.3 is 4.74 Å². The van der Waals surface area contributed by atoms with Gasteiger partial charge in [0.1, 0.15) is 0 Å². The second kappa shape index (κ2) is 5.61. The van der Waals surface area contributed by atoms with Crippen LogP contribution in [0.4, 0.5) is 14.5 Å². The molecule has 0 saturated carbocycles. The number of rotatable bonds is 2. The summed E-state index contributed by atoms with van der Waals surface area (Å²) in [6.07, 6.45) is -0.638. The van der Waals surface area contributed by atoms with E-state index in [1.54, 1.807) is 0 Å². The lowest BCUT2D eigenvalue weighted by molar-refractivity contribution is -0.128. The Hall–Kier alpha value is -2.83. The smallest absolute Gasteiger partial charge is 0.228 e. The summed E-state index contributed by atoms with van der Waals surface area (Å²) in [6.45, 7) is 3.58. The number of alkyl halides is 2. The first-order valence-electron chi connectivity index (χ1n) is 7.57. The maximum absolute atomic E-state index is 14.7. The van der Waals surface area contributed by atoms with Crippen LogP contribution in [0.5, 0.6) is 5.75 Å². The fraction of sp³-hybridized carbons (Fsp3) is 0.278. The van der Waals surface area contributed by atoms with Crippen molar-refractivity contribution in [1.82, 2.24) is 0 Å². The van der Waals surface area contributed by atoms with E-state index in [4.69, 9.17) is 4.74 Å². The van der Waals surface area contributed by atoms with Crippen molar-refractivity contribution >= 4 is 23.2 Å². The zero-order valence-corrected chi connectivity index (χ0v) is 13.8. The number of ether oxygens (including phenoxy) is 1. The molecule has 1 aliphatic heterocycles. The highest BCUT2D eigenvalue weighted by molar-refractivity contribution is 6.01. The molecule has 25 heavy (non-hydrogen) atoms. The van der Waals surface area contributed by atoms with Crippen LogP contribution in [0.25, 0.3) is 0 Å². The van der Waals surface area contributed by atoms with Crippen LogP contribution in [0.1, 0.15) is 31.1 Å². The van der Waals surface area contributed by atoms with Gasteiger partial charge in [0.05, 0.1) is 11.4 Å². The molecule has 0 aromatic heterocycles. The van der Waals surface area contributed by atoms with Gasteiger partial charge in [0, 0.05) is 18.6 Å². The Kier molecular flexibility index (Phi) is 3.82. The van der Waals surface area contributed by atoms with Crippen LogP contribution in [0.2, 0.25) is 0 Å². The summed E-state index contributed by atoms with van der Waals surface area (Å²) in [5.74, 6) is -1.67. The normalized spacial score (nSPS) is 24.4. The van der Waals surface area contributed by atoms with Gasteiger partial charge in [-0.3, -0.25) is 19.3 Å². The molecule has 2 unspecified atom stereocenters. The highest BCUT2D eigenvalue weighted by atomic mass is 19.2. The largest absolute Gasteiger partial charge is 0.453 e. The first-order valence-corrected chi connectivity index (χ1v) is 7.57. The van der Waals surface area contributed by atoms with Crippen LogP contribution >= 0.6 is 0 Å². The van der Waals surface area contributed by atoms with Crippen LogP contribution in [0, 0.1) is 0 Å². The number of halogens is 2. The predicted octanol–water partition coefficient (Wildman–Crippen LogP) is 3.05. The second-order valence-electron chi connectivity index (χ2n) is 5.98. The SMILES string of the molecule is CC(=O)c1ccc2c(c1)OC1=CC(F)(C(C)=O)C(F)C=C1N2C(C)=O. The molecule has 7 heteroatoms. The molecule has 0 N–H and O–H groups in total. The zero-order chi connectivity index (χ0) is 18.5. The Morgan fingerprint density at radius 2 is 1.88 bits per heavy atom. The minimum atomic E-state index is -2.86. The molecular formula is C18H15F2NO4. The zero-order valence-electron chi connectivity index (χ0n) is 13.8. The van der Waals surface area contributed by atoms with E-state index in [-0.39, 0.29) is 23.0 Å². The van der Waals surface area contributed by atoms with E-state index in [1.165, 1.54) is 36.9 Å². The maximum Gasteiger partial charge on any atom is 0.228 e. The van der Waals surface area contributed by atoms with Crippen molar-refractivity contribution in [2.24, 2.45) is 0 Å². The van der Waals surface area contributed by atoms with E-state index in [2.05, 4.69) is 0 Å². The third kappa shape index (κ3) is 2.56. The van der Waals surface area contributed by atoms with Crippen molar-refractivity contribution in [3.63, 3.8) is 0 Å². The van der Waals surface area contributed by atoms with Gasteiger partial charge in [-0.2, -0.15) is 0 Å². The van der Waals surface area contributed by atoms with E-state index in [1.807, 2.05) is 0 Å². The third-order valence-corrected chi connectivity index (χ3v) is 4.22. The number of carbonyl (C=O) groups is 3. The Labute approximate surface area is 142 Å². The molecule has 2 aliphatic rings. The van der Waals surface area contributed by atoms with Gasteiger partial charge >= 0.3 is 0 Å². The van der Waals surface area contributed by atoms with Crippen molar-refractivity contribution < 1.29 is 27.9 Å². The van der Waals surface area contributed by atoms with Crippen molar-refractivity contribution in [3.8, 4) is 5.75 Å². The van der Waals surface area contributed by atoms with E-state index in [0.29, 0.717) is 11.3 Å². The molecule has 0 bridgehead atoms. The summed E-state index contributed by atoms with van der Waals surface area (Å²) in [4.78, 5) is 36.3. The minimum absolute atomic E-state index is 0.0256. The Balaban J connectivity index is 2.20. The van der Waals surface area contributed by atoms with Gasteiger partial charge in [-0.1, -0.05) is 0 Å². The monoisotopic (exact) mass is 347 g/mol.